The first-order valence-electron chi connectivity index (χ1n) is 8.32. The Balaban J connectivity index is 1.65. The molecule has 0 aliphatic heterocycles. The van der Waals surface area contributed by atoms with Gasteiger partial charge in [-0.3, -0.25) is 4.79 Å². The number of hydrogen-bond donors (Lipinski definition) is 2. The van der Waals surface area contributed by atoms with Gasteiger partial charge < -0.3 is 15.0 Å². The maximum atomic E-state index is 12.1. The van der Waals surface area contributed by atoms with E-state index in [2.05, 4.69) is 34.7 Å². The van der Waals surface area contributed by atoms with E-state index in [1.54, 1.807) is 7.11 Å². The number of H-pyrrole nitrogens is 1. The van der Waals surface area contributed by atoms with Crippen LogP contribution < -0.4 is 5.32 Å². The molecule has 1 aliphatic carbocycles. The number of benzene rings is 1. The second-order valence-electron chi connectivity index (χ2n) is 6.06. The molecular weight excluding hydrogens is 288 g/mol. The van der Waals surface area contributed by atoms with E-state index in [1.165, 1.54) is 16.5 Å². The lowest BCUT2D eigenvalue weighted by Crippen LogP contribution is -2.24. The van der Waals surface area contributed by atoms with Crippen LogP contribution in [0.1, 0.15) is 31.2 Å². The van der Waals surface area contributed by atoms with Gasteiger partial charge in [0.25, 0.3) is 0 Å². The maximum Gasteiger partial charge on any atom is 0.186 e. The summed E-state index contributed by atoms with van der Waals surface area (Å²) in [5.41, 5.74) is 4.56. The number of carbonyl (C=O) groups excluding carboxylic acids is 1. The van der Waals surface area contributed by atoms with Crippen molar-refractivity contribution in [1.29, 1.82) is 0 Å². The van der Waals surface area contributed by atoms with Gasteiger partial charge in [0.05, 0.1) is 0 Å². The van der Waals surface area contributed by atoms with Gasteiger partial charge in [-0.1, -0.05) is 18.2 Å². The Morgan fingerprint density at radius 1 is 1.26 bits per heavy atom. The van der Waals surface area contributed by atoms with Crippen LogP contribution in [-0.2, 0) is 16.0 Å². The molecular formula is C19H24N2O2. The first kappa shape index (κ1) is 15.8. The molecule has 1 heterocycles. The summed E-state index contributed by atoms with van der Waals surface area (Å²) >= 11 is 0. The van der Waals surface area contributed by atoms with Crippen molar-refractivity contribution in [2.75, 3.05) is 20.3 Å². The first-order valence-corrected chi connectivity index (χ1v) is 8.32. The van der Waals surface area contributed by atoms with E-state index >= 15 is 0 Å². The van der Waals surface area contributed by atoms with Crippen molar-refractivity contribution in [2.45, 2.75) is 32.1 Å². The van der Waals surface area contributed by atoms with Crippen LogP contribution in [0.25, 0.3) is 10.9 Å². The van der Waals surface area contributed by atoms with Crippen LogP contribution in [0, 0.1) is 0 Å². The van der Waals surface area contributed by atoms with E-state index in [0.717, 1.165) is 49.9 Å². The monoisotopic (exact) mass is 312 g/mol. The number of fused-ring (bicyclic) bond motifs is 1. The number of methoxy groups -OCH3 is 1. The fourth-order valence-corrected chi connectivity index (χ4v) is 3.31. The summed E-state index contributed by atoms with van der Waals surface area (Å²) in [5, 5.41) is 4.78. The number of ether oxygens (including phenoxy) is 1. The van der Waals surface area contributed by atoms with Gasteiger partial charge in [-0.15, -0.1) is 0 Å². The van der Waals surface area contributed by atoms with Crippen molar-refractivity contribution in [1.82, 2.24) is 10.3 Å². The summed E-state index contributed by atoms with van der Waals surface area (Å²) in [5.74, 6) is 0.127. The van der Waals surface area contributed by atoms with Crippen molar-refractivity contribution in [3.05, 3.63) is 47.3 Å². The molecule has 0 radical (unpaired) electrons. The molecule has 2 N–H and O–H groups in total. The Labute approximate surface area is 136 Å². The number of carbonyl (C=O) groups is 1. The third-order valence-corrected chi connectivity index (χ3v) is 4.49. The van der Waals surface area contributed by atoms with Crippen molar-refractivity contribution in [2.24, 2.45) is 0 Å². The van der Waals surface area contributed by atoms with Gasteiger partial charge >= 0.3 is 0 Å². The molecule has 1 aliphatic rings. The highest BCUT2D eigenvalue weighted by Crippen LogP contribution is 2.24. The molecule has 0 fully saturated rings. The van der Waals surface area contributed by atoms with Gasteiger partial charge in [0.2, 0.25) is 0 Å². The molecule has 3 rings (SSSR count). The van der Waals surface area contributed by atoms with E-state index in [9.17, 15) is 4.79 Å². The maximum absolute atomic E-state index is 12.1. The van der Waals surface area contributed by atoms with Gasteiger partial charge in [0.15, 0.2) is 5.78 Å². The molecule has 0 bridgehead atoms. The number of aromatic amines is 1. The van der Waals surface area contributed by atoms with Crippen LogP contribution in [-0.4, -0.2) is 31.0 Å². The average Bonchev–Trinajstić information content (AvgIpc) is 2.99. The standard InChI is InChI=1S/C19H24N2O2/c1-23-13-19(22)16-7-3-5-9-18(16)20-11-10-14-12-21-17-8-4-2-6-15(14)17/h2,4,6,8,12,20-21H,3,5,7,9-11,13H2,1H3. The largest absolute Gasteiger partial charge is 0.388 e. The Morgan fingerprint density at radius 3 is 2.96 bits per heavy atom. The van der Waals surface area contributed by atoms with Crippen molar-refractivity contribution < 1.29 is 9.53 Å². The Bertz CT molecular complexity index is 715. The molecule has 0 amide bonds. The molecule has 0 unspecified atom stereocenters. The highest BCUT2D eigenvalue weighted by atomic mass is 16.5. The summed E-state index contributed by atoms with van der Waals surface area (Å²) in [7, 11) is 1.57. The number of Topliss-reactive ketones (excluding diaryl/α,β-unsaturated/α-hetero) is 1. The van der Waals surface area contributed by atoms with Crippen LogP contribution in [0.5, 0.6) is 0 Å². The zero-order chi connectivity index (χ0) is 16.1. The molecule has 1 aromatic heterocycles. The fraction of sp³-hybridized carbons (Fsp3) is 0.421. The molecule has 0 saturated carbocycles. The summed E-state index contributed by atoms with van der Waals surface area (Å²) in [4.78, 5) is 15.5. The average molecular weight is 312 g/mol. The number of ketones is 1. The van der Waals surface area contributed by atoms with E-state index in [-0.39, 0.29) is 12.4 Å². The van der Waals surface area contributed by atoms with Crippen LogP contribution >= 0.6 is 0 Å². The quantitative estimate of drug-likeness (QED) is 0.824. The number of nitrogens with one attached hydrogen (secondary N) is 2. The van der Waals surface area contributed by atoms with E-state index in [1.807, 2.05) is 6.07 Å². The van der Waals surface area contributed by atoms with Gasteiger partial charge in [0.1, 0.15) is 6.61 Å². The molecule has 0 atom stereocenters. The second-order valence-corrected chi connectivity index (χ2v) is 6.06. The summed E-state index contributed by atoms with van der Waals surface area (Å²) in [6.45, 7) is 1.03. The number of para-hydroxylation sites is 1. The van der Waals surface area contributed by atoms with E-state index in [4.69, 9.17) is 4.74 Å². The second kappa shape index (κ2) is 7.47. The predicted octanol–water partition coefficient (Wildman–Crippen LogP) is 3.34. The minimum absolute atomic E-state index is 0.127. The molecule has 4 heteroatoms. The first-order chi connectivity index (χ1) is 11.3. The highest BCUT2D eigenvalue weighted by molar-refractivity contribution is 5.97. The molecule has 0 spiro atoms. The minimum atomic E-state index is 0.127. The van der Waals surface area contributed by atoms with Gasteiger partial charge in [-0.25, -0.2) is 0 Å². The smallest absolute Gasteiger partial charge is 0.186 e. The van der Waals surface area contributed by atoms with Crippen LogP contribution in [0.3, 0.4) is 0 Å². The van der Waals surface area contributed by atoms with Gasteiger partial charge in [-0.05, 0) is 43.7 Å². The molecule has 2 aromatic rings. The topological polar surface area (TPSA) is 54.1 Å². The zero-order valence-corrected chi connectivity index (χ0v) is 13.7. The lowest BCUT2D eigenvalue weighted by molar-refractivity contribution is -0.119. The van der Waals surface area contributed by atoms with E-state index in [0.29, 0.717) is 0 Å². The zero-order valence-electron chi connectivity index (χ0n) is 13.7. The summed E-state index contributed by atoms with van der Waals surface area (Å²) < 4.78 is 5.00. The molecule has 122 valence electrons. The Hall–Kier alpha value is -2.07. The Morgan fingerprint density at radius 2 is 2.09 bits per heavy atom. The third kappa shape index (κ3) is 3.64. The van der Waals surface area contributed by atoms with Crippen molar-refractivity contribution >= 4 is 16.7 Å². The van der Waals surface area contributed by atoms with Crippen LogP contribution in [0.2, 0.25) is 0 Å². The van der Waals surface area contributed by atoms with Crippen molar-refractivity contribution in [3.8, 4) is 0 Å². The highest BCUT2D eigenvalue weighted by Gasteiger charge is 2.18. The van der Waals surface area contributed by atoms with Gasteiger partial charge in [-0.2, -0.15) is 0 Å². The number of rotatable bonds is 7. The van der Waals surface area contributed by atoms with Crippen LogP contribution in [0.15, 0.2) is 41.7 Å². The van der Waals surface area contributed by atoms with E-state index < -0.39 is 0 Å². The fourth-order valence-electron chi connectivity index (χ4n) is 3.31. The van der Waals surface area contributed by atoms with Crippen molar-refractivity contribution in [3.63, 3.8) is 0 Å². The molecule has 23 heavy (non-hydrogen) atoms. The Kier molecular flexibility index (Phi) is 5.13. The number of allylic oxidation sites excluding steroid dienone is 1. The molecule has 4 nitrogen and oxygen atoms in total. The summed E-state index contributed by atoms with van der Waals surface area (Å²) in [6.07, 6.45) is 7.12. The molecule has 0 saturated heterocycles. The SMILES string of the molecule is COCC(=O)C1=C(NCCc2c[nH]c3ccccc23)CCCC1. The third-order valence-electron chi connectivity index (χ3n) is 4.49. The minimum Gasteiger partial charge on any atom is -0.388 e. The summed E-state index contributed by atoms with van der Waals surface area (Å²) in [6, 6.07) is 8.35. The normalized spacial score (nSPS) is 15.2. The molecule has 1 aromatic carbocycles. The lowest BCUT2D eigenvalue weighted by atomic mass is 9.93. The lowest BCUT2D eigenvalue weighted by Gasteiger charge is -2.21. The van der Waals surface area contributed by atoms with Gasteiger partial charge in [0, 0.05) is 42.0 Å². The van der Waals surface area contributed by atoms with Crippen LogP contribution in [0.4, 0.5) is 0 Å². The predicted molar refractivity (Wildman–Crippen MR) is 92.4 cm³/mol. The number of hydrogen-bond acceptors (Lipinski definition) is 3. The number of aromatic nitrogens is 1.